The number of carbonyl (C=O) groups excluding carboxylic acids is 2. The fourth-order valence-corrected chi connectivity index (χ4v) is 3.82. The number of thioether (sulfide) groups is 1. The summed E-state index contributed by atoms with van der Waals surface area (Å²) in [5.74, 6) is 1.31. The average Bonchev–Trinajstić information content (AvgIpc) is 3.13. The van der Waals surface area contributed by atoms with Gasteiger partial charge in [0.2, 0.25) is 11.8 Å². The monoisotopic (exact) mass is 517 g/mol. The van der Waals surface area contributed by atoms with Gasteiger partial charge in [-0.1, -0.05) is 39.8 Å². The lowest BCUT2D eigenvalue weighted by atomic mass is 10.1. The van der Waals surface area contributed by atoms with Crippen LogP contribution in [0.25, 0.3) is 0 Å². The number of nitrogens with one attached hydrogen (secondary N) is 2. The molecule has 0 aliphatic heterocycles. The highest BCUT2D eigenvalue weighted by molar-refractivity contribution is 9.10. The molecule has 3 aromatic rings. The fourth-order valence-electron chi connectivity index (χ4n) is 2.84. The van der Waals surface area contributed by atoms with Crippen LogP contribution in [0.5, 0.6) is 5.75 Å². The molecule has 0 aliphatic carbocycles. The third-order valence-electron chi connectivity index (χ3n) is 4.67. The van der Waals surface area contributed by atoms with E-state index in [-0.39, 0.29) is 30.5 Å². The molecule has 0 unspecified atom stereocenters. The Morgan fingerprint density at radius 3 is 2.56 bits per heavy atom. The Hall–Kier alpha value is -2.85. The molecule has 0 atom stereocenters. The van der Waals surface area contributed by atoms with Crippen molar-refractivity contribution in [3.63, 3.8) is 0 Å². The smallest absolute Gasteiger partial charge is 0.234 e. The van der Waals surface area contributed by atoms with Crippen LogP contribution in [-0.4, -0.2) is 39.4 Å². The first-order valence-electron chi connectivity index (χ1n) is 9.82. The minimum atomic E-state index is -0.130. The van der Waals surface area contributed by atoms with Crippen molar-refractivity contribution in [2.75, 3.05) is 18.2 Å². The van der Waals surface area contributed by atoms with E-state index in [1.807, 2.05) is 56.4 Å². The number of amides is 2. The summed E-state index contributed by atoms with van der Waals surface area (Å²) in [7, 11) is 3.41. The molecule has 10 heteroatoms. The second-order valence-electron chi connectivity index (χ2n) is 7.06. The van der Waals surface area contributed by atoms with Crippen molar-refractivity contribution in [3.8, 4) is 5.75 Å². The number of nitrogens with zero attached hydrogens (tertiary/aromatic N) is 3. The number of rotatable bonds is 9. The molecule has 0 radical (unpaired) electrons. The fraction of sp³-hybridized carbons (Fsp3) is 0.273. The number of ether oxygens (including phenoxy) is 1. The van der Waals surface area contributed by atoms with Crippen molar-refractivity contribution < 1.29 is 14.3 Å². The van der Waals surface area contributed by atoms with Crippen LogP contribution in [0.3, 0.4) is 0 Å². The first kappa shape index (κ1) is 23.8. The highest BCUT2D eigenvalue weighted by atomic mass is 79.9. The summed E-state index contributed by atoms with van der Waals surface area (Å²) in [6.07, 6.45) is 0.263. The van der Waals surface area contributed by atoms with Gasteiger partial charge in [0.15, 0.2) is 11.0 Å². The van der Waals surface area contributed by atoms with E-state index in [2.05, 4.69) is 36.8 Å². The second kappa shape index (κ2) is 11.1. The molecular weight excluding hydrogens is 494 g/mol. The predicted octanol–water partition coefficient (Wildman–Crippen LogP) is 3.48. The molecule has 0 bridgehead atoms. The Morgan fingerprint density at radius 2 is 1.88 bits per heavy atom. The number of hydrogen-bond donors (Lipinski definition) is 2. The number of anilines is 1. The lowest BCUT2D eigenvalue weighted by Crippen LogP contribution is -2.26. The van der Waals surface area contributed by atoms with Gasteiger partial charge in [-0.25, -0.2) is 0 Å². The van der Waals surface area contributed by atoms with Crippen LogP contribution in [0.2, 0.25) is 0 Å². The lowest BCUT2D eigenvalue weighted by molar-refractivity contribution is -0.120. The highest BCUT2D eigenvalue weighted by Gasteiger charge is 2.13. The molecule has 3 rings (SSSR count). The molecule has 0 spiro atoms. The van der Waals surface area contributed by atoms with E-state index in [0.717, 1.165) is 27.0 Å². The topological polar surface area (TPSA) is 98.1 Å². The first-order chi connectivity index (χ1) is 15.4. The number of methoxy groups -OCH3 is 1. The van der Waals surface area contributed by atoms with E-state index >= 15 is 0 Å². The van der Waals surface area contributed by atoms with E-state index in [9.17, 15) is 9.59 Å². The quantitative estimate of drug-likeness (QED) is 0.421. The zero-order chi connectivity index (χ0) is 23.1. The minimum Gasteiger partial charge on any atom is -0.497 e. The molecular formula is C22H24BrN5O3S. The van der Waals surface area contributed by atoms with Crippen LogP contribution in [0.15, 0.2) is 52.1 Å². The van der Waals surface area contributed by atoms with Gasteiger partial charge in [0.1, 0.15) is 5.75 Å². The summed E-state index contributed by atoms with van der Waals surface area (Å²) in [4.78, 5) is 24.5. The maximum Gasteiger partial charge on any atom is 0.234 e. The Morgan fingerprint density at radius 1 is 1.12 bits per heavy atom. The molecule has 0 fully saturated rings. The van der Waals surface area contributed by atoms with Crippen molar-refractivity contribution >= 4 is 45.2 Å². The van der Waals surface area contributed by atoms with Crippen molar-refractivity contribution in [1.29, 1.82) is 0 Å². The van der Waals surface area contributed by atoms with Crippen LogP contribution < -0.4 is 15.4 Å². The maximum absolute atomic E-state index is 12.3. The summed E-state index contributed by atoms with van der Waals surface area (Å²) in [5, 5.41) is 14.6. The summed E-state index contributed by atoms with van der Waals surface area (Å²) < 4.78 is 7.89. The average molecular weight is 518 g/mol. The molecule has 2 N–H and O–H groups in total. The highest BCUT2D eigenvalue weighted by Crippen LogP contribution is 2.21. The van der Waals surface area contributed by atoms with Gasteiger partial charge in [0, 0.05) is 17.2 Å². The molecule has 168 valence electrons. The van der Waals surface area contributed by atoms with Crippen LogP contribution in [0.1, 0.15) is 17.0 Å². The molecule has 2 amide bonds. The van der Waals surface area contributed by atoms with Gasteiger partial charge in [-0.2, -0.15) is 0 Å². The standard InChI is InChI=1S/C22H24BrN5O3S/c1-14-10-16(6-9-18(14)23)25-21(30)13-32-22-27-26-19(28(22)2)12-24-20(29)11-15-4-7-17(31-3)8-5-15/h4-10H,11-13H2,1-3H3,(H,24,29)(H,25,30). The molecule has 0 saturated heterocycles. The molecule has 2 aromatic carbocycles. The van der Waals surface area contributed by atoms with Crippen LogP contribution in [0, 0.1) is 6.92 Å². The molecule has 0 aliphatic rings. The molecule has 1 aromatic heterocycles. The molecule has 32 heavy (non-hydrogen) atoms. The maximum atomic E-state index is 12.3. The van der Waals surface area contributed by atoms with E-state index < -0.39 is 0 Å². The van der Waals surface area contributed by atoms with Crippen LogP contribution in [0.4, 0.5) is 5.69 Å². The zero-order valence-corrected chi connectivity index (χ0v) is 20.4. The van der Waals surface area contributed by atoms with Gasteiger partial charge in [-0.15, -0.1) is 10.2 Å². The van der Waals surface area contributed by atoms with Gasteiger partial charge in [0.25, 0.3) is 0 Å². The summed E-state index contributed by atoms with van der Waals surface area (Å²) in [5.41, 5.74) is 2.68. The van der Waals surface area contributed by atoms with Gasteiger partial charge in [-0.05, 0) is 48.4 Å². The van der Waals surface area contributed by atoms with Crippen molar-refractivity contribution in [2.24, 2.45) is 7.05 Å². The van der Waals surface area contributed by atoms with Gasteiger partial charge < -0.3 is 19.9 Å². The Labute approximate surface area is 199 Å². The predicted molar refractivity (Wildman–Crippen MR) is 128 cm³/mol. The minimum absolute atomic E-state index is 0.114. The number of hydrogen-bond acceptors (Lipinski definition) is 6. The Bertz CT molecular complexity index is 1100. The normalized spacial score (nSPS) is 10.6. The van der Waals surface area contributed by atoms with Gasteiger partial charge in [0.05, 0.1) is 25.8 Å². The van der Waals surface area contributed by atoms with Gasteiger partial charge >= 0.3 is 0 Å². The Balaban J connectivity index is 1.47. The molecule has 1 heterocycles. The van der Waals surface area contributed by atoms with Crippen molar-refractivity contribution in [3.05, 3.63) is 63.9 Å². The van der Waals surface area contributed by atoms with E-state index in [0.29, 0.717) is 11.0 Å². The van der Waals surface area contributed by atoms with E-state index in [4.69, 9.17) is 4.74 Å². The number of aromatic nitrogens is 3. The summed E-state index contributed by atoms with van der Waals surface area (Å²) >= 11 is 4.73. The van der Waals surface area contributed by atoms with Crippen LogP contribution in [-0.2, 0) is 29.6 Å². The Kier molecular flexibility index (Phi) is 8.29. The van der Waals surface area contributed by atoms with E-state index in [1.54, 1.807) is 11.7 Å². The van der Waals surface area contributed by atoms with Crippen molar-refractivity contribution in [2.45, 2.75) is 25.0 Å². The number of halogens is 1. The molecule has 8 nitrogen and oxygen atoms in total. The number of benzene rings is 2. The lowest BCUT2D eigenvalue weighted by Gasteiger charge is -2.08. The largest absolute Gasteiger partial charge is 0.497 e. The summed E-state index contributed by atoms with van der Waals surface area (Å²) in [6, 6.07) is 13.0. The zero-order valence-electron chi connectivity index (χ0n) is 18.0. The van der Waals surface area contributed by atoms with Crippen molar-refractivity contribution in [1.82, 2.24) is 20.1 Å². The van der Waals surface area contributed by atoms with E-state index in [1.165, 1.54) is 11.8 Å². The third-order valence-corrected chi connectivity index (χ3v) is 6.58. The number of carbonyl (C=O) groups is 2. The first-order valence-corrected chi connectivity index (χ1v) is 11.6. The number of aryl methyl sites for hydroxylation is 1. The second-order valence-corrected chi connectivity index (χ2v) is 8.86. The third kappa shape index (κ3) is 6.57. The SMILES string of the molecule is COc1ccc(CC(=O)NCc2nnc(SCC(=O)Nc3ccc(Br)c(C)c3)n2C)cc1. The summed E-state index contributed by atoms with van der Waals surface area (Å²) in [6.45, 7) is 2.22. The van der Waals surface area contributed by atoms with Crippen LogP contribution >= 0.6 is 27.7 Å². The molecule has 0 saturated carbocycles. The van der Waals surface area contributed by atoms with Gasteiger partial charge in [-0.3, -0.25) is 9.59 Å².